The van der Waals surface area contributed by atoms with E-state index in [4.69, 9.17) is 42.1 Å². The molecule has 5 nitrogen and oxygen atoms in total. The van der Waals surface area contributed by atoms with Crippen molar-refractivity contribution in [3.05, 3.63) is 135 Å². The highest BCUT2D eigenvalue weighted by Crippen LogP contribution is 2.32. The van der Waals surface area contributed by atoms with Gasteiger partial charge in [-0.2, -0.15) is 0 Å². The highest BCUT2D eigenvalue weighted by Gasteiger charge is 2.36. The molecule has 1 saturated heterocycles. The fourth-order valence-corrected chi connectivity index (χ4v) is 5.60. The Morgan fingerprint density at radius 2 is 1.21 bits per heavy atom. The lowest BCUT2D eigenvalue weighted by atomic mass is 9.85. The quantitative estimate of drug-likeness (QED) is 0.148. The van der Waals surface area contributed by atoms with Crippen LogP contribution in [0, 0.1) is 0 Å². The molecule has 1 aliphatic heterocycles. The zero-order valence-electron chi connectivity index (χ0n) is 23.6. The molecule has 1 heterocycles. The van der Waals surface area contributed by atoms with E-state index < -0.39 is 0 Å². The molecule has 0 aromatic heterocycles. The predicted octanol–water partition coefficient (Wildman–Crippen LogP) is 7.84. The van der Waals surface area contributed by atoms with Crippen molar-refractivity contribution in [1.82, 2.24) is 5.32 Å². The van der Waals surface area contributed by atoms with Crippen molar-refractivity contribution >= 4 is 23.2 Å². The lowest BCUT2D eigenvalue weighted by Gasteiger charge is -2.39. The first-order valence-corrected chi connectivity index (χ1v) is 15.2. The van der Waals surface area contributed by atoms with Crippen LogP contribution in [0.15, 0.2) is 103 Å². The molecule has 0 saturated carbocycles. The van der Waals surface area contributed by atoms with Crippen LogP contribution in [-0.4, -0.2) is 38.5 Å². The third-order valence-corrected chi connectivity index (χ3v) is 7.75. The Kier molecular flexibility index (Phi) is 11.7. The number of hydrogen-bond donors (Lipinski definition) is 1. The Bertz CT molecular complexity index is 1310. The Labute approximate surface area is 258 Å². The molecule has 1 aliphatic rings. The first-order valence-electron chi connectivity index (χ1n) is 14.4. The number of benzene rings is 4. The zero-order valence-corrected chi connectivity index (χ0v) is 25.1. The molecule has 0 spiro atoms. The van der Waals surface area contributed by atoms with E-state index in [1.807, 2.05) is 78.9 Å². The van der Waals surface area contributed by atoms with Gasteiger partial charge in [-0.3, -0.25) is 0 Å². The monoisotopic (exact) mass is 605 g/mol. The number of nitrogens with one attached hydrogen (secondary N) is 1. The molecule has 220 valence electrons. The highest BCUT2D eigenvalue weighted by atomic mass is 35.5. The van der Waals surface area contributed by atoms with Crippen LogP contribution in [0.3, 0.4) is 0 Å². The molecular weight excluding hydrogens is 569 g/mol. The van der Waals surface area contributed by atoms with E-state index in [0.29, 0.717) is 43.1 Å². The van der Waals surface area contributed by atoms with Gasteiger partial charge in [0.25, 0.3) is 0 Å². The van der Waals surface area contributed by atoms with Crippen LogP contribution in [0.4, 0.5) is 0 Å². The van der Waals surface area contributed by atoms with Gasteiger partial charge in [-0.05, 0) is 58.7 Å². The lowest BCUT2D eigenvalue weighted by molar-refractivity contribution is -0.0650. The second-order valence-electron chi connectivity index (χ2n) is 10.5. The summed E-state index contributed by atoms with van der Waals surface area (Å²) in [4.78, 5) is 0. The molecule has 0 radical (unpaired) electrons. The maximum Gasteiger partial charge on any atom is 0.119 e. The molecule has 0 bridgehead atoms. The van der Waals surface area contributed by atoms with Gasteiger partial charge >= 0.3 is 0 Å². The van der Waals surface area contributed by atoms with Gasteiger partial charge < -0.3 is 24.3 Å². The van der Waals surface area contributed by atoms with Gasteiger partial charge in [0, 0.05) is 35.5 Å². The third-order valence-electron chi connectivity index (χ3n) is 7.28. The van der Waals surface area contributed by atoms with Gasteiger partial charge in [-0.15, -0.1) is 0 Å². The van der Waals surface area contributed by atoms with Gasteiger partial charge in [0.1, 0.15) is 5.75 Å². The van der Waals surface area contributed by atoms with E-state index >= 15 is 0 Å². The minimum absolute atomic E-state index is 0.0325. The molecule has 4 aromatic carbocycles. The van der Waals surface area contributed by atoms with Crippen molar-refractivity contribution in [1.29, 1.82) is 0 Å². The van der Waals surface area contributed by atoms with Crippen molar-refractivity contribution < 1.29 is 18.9 Å². The summed E-state index contributed by atoms with van der Waals surface area (Å²) in [6.45, 7) is 4.26. The summed E-state index contributed by atoms with van der Waals surface area (Å²) in [6.07, 6.45) is 0.646. The van der Waals surface area contributed by atoms with Crippen LogP contribution in [0.1, 0.15) is 34.6 Å². The van der Waals surface area contributed by atoms with E-state index in [-0.39, 0.29) is 18.1 Å². The molecule has 2 atom stereocenters. The fraction of sp³-hybridized carbons (Fsp3) is 0.314. The first kappa shape index (κ1) is 30.6. The van der Waals surface area contributed by atoms with Crippen LogP contribution in [0.25, 0.3) is 0 Å². The molecule has 7 heteroatoms. The topological polar surface area (TPSA) is 49.0 Å². The van der Waals surface area contributed by atoms with E-state index in [1.54, 1.807) is 0 Å². The van der Waals surface area contributed by atoms with Gasteiger partial charge in [0.15, 0.2) is 0 Å². The van der Waals surface area contributed by atoms with Crippen molar-refractivity contribution in [2.24, 2.45) is 0 Å². The van der Waals surface area contributed by atoms with Crippen LogP contribution in [0.5, 0.6) is 5.75 Å². The average Bonchev–Trinajstić information content (AvgIpc) is 3.02. The number of rotatable bonds is 14. The molecule has 42 heavy (non-hydrogen) atoms. The van der Waals surface area contributed by atoms with Gasteiger partial charge in [-0.25, -0.2) is 0 Å². The largest absolute Gasteiger partial charge is 0.494 e. The average molecular weight is 607 g/mol. The van der Waals surface area contributed by atoms with E-state index in [0.717, 1.165) is 42.0 Å². The molecule has 4 aromatic rings. The molecule has 0 amide bonds. The Hall–Kier alpha value is -2.90. The minimum atomic E-state index is -0.0874. The Morgan fingerprint density at radius 1 is 0.619 bits per heavy atom. The summed E-state index contributed by atoms with van der Waals surface area (Å²) in [6, 6.07) is 34.1. The summed E-state index contributed by atoms with van der Waals surface area (Å²) < 4.78 is 24.8. The Morgan fingerprint density at radius 3 is 1.81 bits per heavy atom. The summed E-state index contributed by atoms with van der Waals surface area (Å²) in [5.41, 5.74) is 4.42. The Balaban J connectivity index is 1.20. The van der Waals surface area contributed by atoms with Crippen LogP contribution in [-0.2, 0) is 34.0 Å². The van der Waals surface area contributed by atoms with Gasteiger partial charge in [-0.1, -0.05) is 89.9 Å². The van der Waals surface area contributed by atoms with Crippen LogP contribution >= 0.6 is 23.2 Å². The normalized spacial score (nSPS) is 18.6. The fourth-order valence-electron chi connectivity index (χ4n) is 5.18. The summed E-state index contributed by atoms with van der Waals surface area (Å²) >= 11 is 12.4. The van der Waals surface area contributed by atoms with Crippen LogP contribution < -0.4 is 10.1 Å². The van der Waals surface area contributed by atoms with Gasteiger partial charge in [0.2, 0.25) is 0 Å². The smallest absolute Gasteiger partial charge is 0.119 e. The zero-order chi connectivity index (χ0) is 29.0. The summed E-state index contributed by atoms with van der Waals surface area (Å²) in [5, 5.41) is 4.92. The predicted molar refractivity (Wildman–Crippen MR) is 168 cm³/mol. The van der Waals surface area contributed by atoms with Crippen molar-refractivity contribution in [3.8, 4) is 5.75 Å². The first-order chi connectivity index (χ1) is 20.6. The van der Waals surface area contributed by atoms with E-state index in [9.17, 15) is 0 Å². The van der Waals surface area contributed by atoms with Crippen molar-refractivity contribution in [3.63, 3.8) is 0 Å². The second kappa shape index (κ2) is 16.1. The van der Waals surface area contributed by atoms with Crippen molar-refractivity contribution in [2.45, 2.75) is 44.4 Å². The molecular formula is C35H37Cl2NO4. The standard InChI is InChI=1S/C35H37Cl2NO4/c36-30-11-4-9-27(19-30)24-41-33-21-38-22-34(42-25-28-10-5-12-31(37)20-28)35(33)29-13-15-32(16-14-29)40-18-6-17-39-23-26-7-2-1-3-8-26/h1-5,7-16,19-20,33-35,38H,6,17-18,21-25H2. The SMILES string of the molecule is Clc1cccc(COC2CNCC(OCc3cccc(Cl)c3)C2c2ccc(OCCCOCc3ccccc3)cc2)c1. The van der Waals surface area contributed by atoms with E-state index in [2.05, 4.69) is 29.6 Å². The third kappa shape index (κ3) is 9.30. The number of hydrogen-bond acceptors (Lipinski definition) is 5. The molecule has 1 N–H and O–H groups in total. The minimum Gasteiger partial charge on any atom is -0.494 e. The number of halogens is 2. The number of piperidine rings is 1. The summed E-state index contributed by atoms with van der Waals surface area (Å²) in [5.74, 6) is 0.869. The second-order valence-corrected chi connectivity index (χ2v) is 11.3. The molecule has 5 rings (SSSR count). The van der Waals surface area contributed by atoms with Crippen LogP contribution in [0.2, 0.25) is 10.0 Å². The number of ether oxygens (including phenoxy) is 4. The maximum atomic E-state index is 6.49. The lowest BCUT2D eigenvalue weighted by Crippen LogP contribution is -2.50. The van der Waals surface area contributed by atoms with Crippen molar-refractivity contribution in [2.75, 3.05) is 26.3 Å². The maximum absolute atomic E-state index is 6.49. The summed E-state index contributed by atoms with van der Waals surface area (Å²) in [7, 11) is 0. The molecule has 1 fully saturated rings. The highest BCUT2D eigenvalue weighted by molar-refractivity contribution is 6.30. The molecule has 2 unspecified atom stereocenters. The molecule has 0 aliphatic carbocycles. The van der Waals surface area contributed by atoms with Gasteiger partial charge in [0.05, 0.1) is 45.2 Å². The van der Waals surface area contributed by atoms with E-state index in [1.165, 1.54) is 5.56 Å².